The molecular formula is C24H27Cl2N3O. The molecule has 1 saturated heterocycles. The zero-order valence-electron chi connectivity index (χ0n) is 17.7. The monoisotopic (exact) mass is 443 g/mol. The molecule has 0 saturated carbocycles. The molecule has 30 heavy (non-hydrogen) atoms. The Kier molecular flexibility index (Phi) is 6.19. The van der Waals surface area contributed by atoms with Crippen LogP contribution in [0, 0.1) is 12.8 Å². The number of aryl methyl sites for hydroxylation is 1. The third kappa shape index (κ3) is 4.27. The highest BCUT2D eigenvalue weighted by Crippen LogP contribution is 2.29. The van der Waals surface area contributed by atoms with Gasteiger partial charge in [0.05, 0.1) is 20.9 Å². The minimum Gasteiger partial charge on any atom is -0.301 e. The highest BCUT2D eigenvalue weighted by Gasteiger charge is 2.23. The minimum absolute atomic E-state index is 0.0288. The fourth-order valence-electron chi connectivity index (χ4n) is 4.38. The molecule has 2 heterocycles. The van der Waals surface area contributed by atoms with E-state index in [0.29, 0.717) is 33.9 Å². The second-order valence-corrected chi connectivity index (χ2v) is 9.35. The average molecular weight is 444 g/mol. The van der Waals surface area contributed by atoms with Crippen molar-refractivity contribution in [3.8, 4) is 11.1 Å². The summed E-state index contributed by atoms with van der Waals surface area (Å²) in [6, 6.07) is 11.9. The molecule has 0 spiro atoms. The number of hydrogen-bond donors (Lipinski definition) is 0. The van der Waals surface area contributed by atoms with Crippen molar-refractivity contribution in [3.63, 3.8) is 0 Å². The second-order valence-electron chi connectivity index (χ2n) is 8.53. The Bertz CT molecular complexity index is 1140. The SMILES string of the molecule is Cc1nc2ccc(-c3ccc(Cl)c(Cl)c3)cc2c(=O)n1C[C@H]1CCCN(C(C)C)C1. The zero-order valence-corrected chi connectivity index (χ0v) is 19.2. The Labute approximate surface area is 187 Å². The average Bonchev–Trinajstić information content (AvgIpc) is 2.73. The Balaban J connectivity index is 1.70. The number of fused-ring (bicyclic) bond motifs is 1. The van der Waals surface area contributed by atoms with E-state index in [9.17, 15) is 4.79 Å². The Hall–Kier alpha value is -1.88. The van der Waals surface area contributed by atoms with E-state index in [0.717, 1.165) is 42.0 Å². The third-order valence-electron chi connectivity index (χ3n) is 6.12. The molecule has 1 aromatic heterocycles. The minimum atomic E-state index is 0.0288. The van der Waals surface area contributed by atoms with Crippen molar-refractivity contribution in [1.29, 1.82) is 0 Å². The van der Waals surface area contributed by atoms with Gasteiger partial charge in [-0.2, -0.15) is 0 Å². The number of likely N-dealkylation sites (tertiary alicyclic amines) is 1. The maximum Gasteiger partial charge on any atom is 0.261 e. The topological polar surface area (TPSA) is 38.1 Å². The lowest BCUT2D eigenvalue weighted by molar-refractivity contribution is 0.129. The van der Waals surface area contributed by atoms with Crippen LogP contribution in [0.1, 0.15) is 32.5 Å². The number of aromatic nitrogens is 2. The molecule has 3 aromatic rings. The van der Waals surface area contributed by atoms with Crippen molar-refractivity contribution in [3.05, 3.63) is 62.6 Å². The first-order chi connectivity index (χ1) is 14.3. The Morgan fingerprint density at radius 3 is 2.57 bits per heavy atom. The van der Waals surface area contributed by atoms with Crippen molar-refractivity contribution >= 4 is 34.1 Å². The normalized spacial score (nSPS) is 17.7. The number of benzene rings is 2. The first kappa shape index (κ1) is 21.4. The smallest absolute Gasteiger partial charge is 0.261 e. The van der Waals surface area contributed by atoms with Gasteiger partial charge in [-0.05, 0) is 81.5 Å². The highest BCUT2D eigenvalue weighted by molar-refractivity contribution is 6.42. The van der Waals surface area contributed by atoms with Crippen LogP contribution in [0.15, 0.2) is 41.2 Å². The van der Waals surface area contributed by atoms with E-state index in [1.165, 1.54) is 6.42 Å². The number of nitrogens with zero attached hydrogens (tertiary/aromatic N) is 3. The maximum atomic E-state index is 13.4. The van der Waals surface area contributed by atoms with Crippen LogP contribution in [-0.4, -0.2) is 33.6 Å². The van der Waals surface area contributed by atoms with Gasteiger partial charge in [-0.25, -0.2) is 4.98 Å². The van der Waals surface area contributed by atoms with Crippen LogP contribution in [-0.2, 0) is 6.54 Å². The molecule has 6 heteroatoms. The first-order valence-electron chi connectivity index (χ1n) is 10.5. The summed E-state index contributed by atoms with van der Waals surface area (Å²) in [5.41, 5.74) is 2.61. The van der Waals surface area contributed by atoms with E-state index in [2.05, 4.69) is 18.7 Å². The third-order valence-corrected chi connectivity index (χ3v) is 6.86. The fourth-order valence-corrected chi connectivity index (χ4v) is 4.67. The van der Waals surface area contributed by atoms with E-state index in [1.54, 1.807) is 6.07 Å². The molecule has 0 bridgehead atoms. The van der Waals surface area contributed by atoms with Crippen molar-refractivity contribution in [2.45, 2.75) is 46.2 Å². The molecule has 4 nitrogen and oxygen atoms in total. The molecule has 4 rings (SSSR count). The van der Waals surface area contributed by atoms with Crippen LogP contribution >= 0.6 is 23.2 Å². The summed E-state index contributed by atoms with van der Waals surface area (Å²) in [6.07, 6.45) is 2.33. The Morgan fingerprint density at radius 2 is 1.83 bits per heavy atom. The van der Waals surface area contributed by atoms with Crippen molar-refractivity contribution in [2.24, 2.45) is 5.92 Å². The van der Waals surface area contributed by atoms with Crippen molar-refractivity contribution in [1.82, 2.24) is 14.5 Å². The molecule has 0 aliphatic carbocycles. The summed E-state index contributed by atoms with van der Waals surface area (Å²) in [4.78, 5) is 20.6. The van der Waals surface area contributed by atoms with Gasteiger partial charge in [0.2, 0.25) is 0 Å². The van der Waals surface area contributed by atoms with Crippen LogP contribution in [0.2, 0.25) is 10.0 Å². The number of piperidine rings is 1. The van der Waals surface area contributed by atoms with Gasteiger partial charge < -0.3 is 4.90 Å². The van der Waals surface area contributed by atoms with E-state index in [1.807, 2.05) is 41.8 Å². The molecule has 0 N–H and O–H groups in total. The highest BCUT2D eigenvalue weighted by atomic mass is 35.5. The molecule has 1 aliphatic heterocycles. The standard InChI is InChI=1S/C24H27Cl2N3O/c1-15(2)28-10-4-5-17(13-28)14-29-16(3)27-23-9-7-18(11-20(23)24(29)30)19-6-8-21(25)22(26)12-19/h6-9,11-12,15,17H,4-5,10,13-14H2,1-3H3/t17-/m0/s1. The van der Waals surface area contributed by atoms with Gasteiger partial charge in [-0.15, -0.1) is 0 Å². The zero-order chi connectivity index (χ0) is 21.4. The maximum absolute atomic E-state index is 13.4. The van der Waals surface area contributed by atoms with Crippen LogP contribution in [0.4, 0.5) is 0 Å². The summed E-state index contributed by atoms with van der Waals surface area (Å²) in [6.45, 7) is 9.30. The number of halogens is 2. The van der Waals surface area contributed by atoms with Crippen LogP contribution < -0.4 is 5.56 Å². The van der Waals surface area contributed by atoms with Crippen LogP contribution in [0.25, 0.3) is 22.0 Å². The van der Waals surface area contributed by atoms with Gasteiger partial charge in [-0.1, -0.05) is 35.3 Å². The van der Waals surface area contributed by atoms with Gasteiger partial charge in [0, 0.05) is 19.1 Å². The first-order valence-corrected chi connectivity index (χ1v) is 11.3. The molecular weight excluding hydrogens is 417 g/mol. The number of hydrogen-bond acceptors (Lipinski definition) is 3. The quantitative estimate of drug-likeness (QED) is 0.511. The van der Waals surface area contributed by atoms with Gasteiger partial charge in [0.15, 0.2) is 0 Å². The molecule has 1 atom stereocenters. The largest absolute Gasteiger partial charge is 0.301 e. The van der Waals surface area contributed by atoms with Gasteiger partial charge in [0.25, 0.3) is 5.56 Å². The van der Waals surface area contributed by atoms with Gasteiger partial charge >= 0.3 is 0 Å². The van der Waals surface area contributed by atoms with E-state index in [-0.39, 0.29) is 5.56 Å². The van der Waals surface area contributed by atoms with E-state index in [4.69, 9.17) is 28.2 Å². The molecule has 1 fully saturated rings. The van der Waals surface area contributed by atoms with Crippen LogP contribution in [0.5, 0.6) is 0 Å². The molecule has 1 aliphatic rings. The van der Waals surface area contributed by atoms with Crippen LogP contribution in [0.3, 0.4) is 0 Å². The summed E-state index contributed by atoms with van der Waals surface area (Å²) < 4.78 is 1.86. The summed E-state index contributed by atoms with van der Waals surface area (Å²) >= 11 is 12.2. The second kappa shape index (κ2) is 8.70. The Morgan fingerprint density at radius 1 is 1.10 bits per heavy atom. The van der Waals surface area contributed by atoms with E-state index >= 15 is 0 Å². The van der Waals surface area contributed by atoms with Gasteiger partial charge in [0.1, 0.15) is 5.82 Å². The predicted molar refractivity (Wildman–Crippen MR) is 126 cm³/mol. The summed E-state index contributed by atoms with van der Waals surface area (Å²) in [5.74, 6) is 1.24. The van der Waals surface area contributed by atoms with E-state index < -0.39 is 0 Å². The van der Waals surface area contributed by atoms with Crippen molar-refractivity contribution < 1.29 is 0 Å². The lowest BCUT2D eigenvalue weighted by Gasteiger charge is -2.35. The lowest BCUT2D eigenvalue weighted by Crippen LogP contribution is -2.42. The number of rotatable bonds is 4. The molecule has 2 aromatic carbocycles. The predicted octanol–water partition coefficient (Wildman–Crippen LogP) is 5.80. The van der Waals surface area contributed by atoms with Gasteiger partial charge in [-0.3, -0.25) is 9.36 Å². The fraction of sp³-hybridized carbons (Fsp3) is 0.417. The lowest BCUT2D eigenvalue weighted by atomic mass is 9.96. The molecule has 0 radical (unpaired) electrons. The molecule has 158 valence electrons. The summed E-state index contributed by atoms with van der Waals surface area (Å²) in [5, 5.41) is 1.66. The molecule has 0 unspecified atom stereocenters. The van der Waals surface area contributed by atoms with Crippen molar-refractivity contribution in [2.75, 3.05) is 13.1 Å². The molecule has 0 amide bonds. The summed E-state index contributed by atoms with van der Waals surface area (Å²) in [7, 11) is 0.